The van der Waals surface area contributed by atoms with Crippen molar-refractivity contribution in [2.45, 2.75) is 25.9 Å². The summed E-state index contributed by atoms with van der Waals surface area (Å²) in [5.41, 5.74) is 4.44. The van der Waals surface area contributed by atoms with Crippen molar-refractivity contribution < 1.29 is 4.79 Å². The Balaban J connectivity index is 1.70. The number of rotatable bonds is 5. The van der Waals surface area contributed by atoms with E-state index in [2.05, 4.69) is 41.3 Å². The van der Waals surface area contributed by atoms with Crippen LogP contribution in [0, 0.1) is 20.8 Å². The van der Waals surface area contributed by atoms with Crippen molar-refractivity contribution in [2.24, 2.45) is 0 Å². The Kier molecular flexibility index (Phi) is 5.01. The Hall–Kier alpha value is -2.12. The van der Waals surface area contributed by atoms with Crippen molar-refractivity contribution >= 4 is 34.1 Å². The molecule has 1 aromatic carbocycles. The fourth-order valence-electron chi connectivity index (χ4n) is 2.27. The minimum atomic E-state index is -0.0788. The fraction of sp³-hybridized carbons (Fsp3) is 0.235. The van der Waals surface area contributed by atoms with Gasteiger partial charge in [0.05, 0.1) is 17.1 Å². The molecular formula is C17H18N4OS2. The number of aryl methyl sites for hydroxylation is 2. The predicted octanol–water partition coefficient (Wildman–Crippen LogP) is 3.98. The van der Waals surface area contributed by atoms with E-state index in [-0.39, 0.29) is 5.91 Å². The number of nitrogens with zero attached hydrogens (tertiary/aromatic N) is 3. The van der Waals surface area contributed by atoms with Crippen LogP contribution in [0.4, 0.5) is 5.13 Å². The van der Waals surface area contributed by atoms with E-state index in [9.17, 15) is 4.79 Å². The standard InChI is InChI=1S/C17H18N4OS2/c1-11-5-4-6-14(13(11)3)21-8-7-18-17(21)24-10-15(22)20-16-19-12(2)9-23-16/h4-9H,10H2,1-3H3,(H,19,20,22). The minimum Gasteiger partial charge on any atom is -0.301 e. The highest BCUT2D eigenvalue weighted by Gasteiger charge is 2.12. The van der Waals surface area contributed by atoms with Crippen LogP contribution in [0.5, 0.6) is 0 Å². The van der Waals surface area contributed by atoms with E-state index < -0.39 is 0 Å². The summed E-state index contributed by atoms with van der Waals surface area (Å²) in [6.07, 6.45) is 3.68. The van der Waals surface area contributed by atoms with Crippen LogP contribution < -0.4 is 5.32 Å². The van der Waals surface area contributed by atoms with E-state index in [0.29, 0.717) is 10.9 Å². The highest BCUT2D eigenvalue weighted by Crippen LogP contribution is 2.24. The number of amides is 1. The number of thiazole rings is 1. The molecule has 1 amide bonds. The third-order valence-corrected chi connectivity index (χ3v) is 5.48. The lowest BCUT2D eigenvalue weighted by Gasteiger charge is -2.12. The first-order valence-electron chi connectivity index (χ1n) is 7.49. The zero-order chi connectivity index (χ0) is 17.1. The summed E-state index contributed by atoms with van der Waals surface area (Å²) in [4.78, 5) is 20.7. The number of hydrogen-bond donors (Lipinski definition) is 1. The second-order valence-corrected chi connectivity index (χ2v) is 7.23. The molecule has 1 N–H and O–H groups in total. The quantitative estimate of drug-likeness (QED) is 0.701. The summed E-state index contributed by atoms with van der Waals surface area (Å²) in [6, 6.07) is 6.18. The molecule has 24 heavy (non-hydrogen) atoms. The van der Waals surface area contributed by atoms with Crippen molar-refractivity contribution in [1.29, 1.82) is 0 Å². The molecule has 2 heterocycles. The molecule has 5 nitrogen and oxygen atoms in total. The molecule has 0 atom stereocenters. The molecule has 0 spiro atoms. The van der Waals surface area contributed by atoms with Gasteiger partial charge in [-0.25, -0.2) is 9.97 Å². The van der Waals surface area contributed by atoms with Crippen LogP contribution in [-0.2, 0) is 4.79 Å². The summed E-state index contributed by atoms with van der Waals surface area (Å²) < 4.78 is 2.02. The monoisotopic (exact) mass is 358 g/mol. The number of hydrogen-bond acceptors (Lipinski definition) is 5. The van der Waals surface area contributed by atoms with Crippen LogP contribution in [0.3, 0.4) is 0 Å². The molecule has 0 aliphatic rings. The van der Waals surface area contributed by atoms with Crippen molar-refractivity contribution in [3.05, 3.63) is 52.8 Å². The number of nitrogens with one attached hydrogen (secondary N) is 1. The van der Waals surface area contributed by atoms with Crippen molar-refractivity contribution in [2.75, 3.05) is 11.1 Å². The predicted molar refractivity (Wildman–Crippen MR) is 99.2 cm³/mol. The maximum Gasteiger partial charge on any atom is 0.236 e. The molecule has 0 fully saturated rings. The van der Waals surface area contributed by atoms with E-state index in [1.54, 1.807) is 6.20 Å². The van der Waals surface area contributed by atoms with E-state index >= 15 is 0 Å². The van der Waals surface area contributed by atoms with Crippen LogP contribution in [0.2, 0.25) is 0 Å². The molecule has 2 aromatic heterocycles. The average molecular weight is 358 g/mol. The van der Waals surface area contributed by atoms with Gasteiger partial charge in [0.1, 0.15) is 0 Å². The fourth-order valence-corrected chi connectivity index (χ4v) is 3.74. The van der Waals surface area contributed by atoms with Gasteiger partial charge in [-0.05, 0) is 38.0 Å². The summed E-state index contributed by atoms with van der Waals surface area (Å²) in [5, 5.41) is 6.16. The number of carbonyl (C=O) groups excluding carboxylic acids is 1. The van der Waals surface area contributed by atoms with Crippen molar-refractivity contribution in [3.63, 3.8) is 0 Å². The maximum absolute atomic E-state index is 12.1. The van der Waals surface area contributed by atoms with Gasteiger partial charge in [0.2, 0.25) is 5.91 Å². The maximum atomic E-state index is 12.1. The smallest absolute Gasteiger partial charge is 0.236 e. The van der Waals surface area contributed by atoms with Gasteiger partial charge >= 0.3 is 0 Å². The molecule has 0 radical (unpaired) electrons. The Morgan fingerprint density at radius 2 is 2.17 bits per heavy atom. The molecule has 0 aliphatic heterocycles. The Labute approximate surface area is 149 Å². The molecule has 7 heteroatoms. The van der Waals surface area contributed by atoms with E-state index in [1.165, 1.54) is 34.2 Å². The first kappa shape index (κ1) is 16.7. The van der Waals surface area contributed by atoms with E-state index in [4.69, 9.17) is 0 Å². The van der Waals surface area contributed by atoms with Gasteiger partial charge in [-0.3, -0.25) is 9.36 Å². The summed E-state index contributed by atoms with van der Waals surface area (Å²) in [6.45, 7) is 6.09. The number of benzene rings is 1. The first-order valence-corrected chi connectivity index (χ1v) is 9.36. The summed E-state index contributed by atoms with van der Waals surface area (Å²) in [7, 11) is 0. The van der Waals surface area contributed by atoms with Crippen LogP contribution in [0.25, 0.3) is 5.69 Å². The van der Waals surface area contributed by atoms with Gasteiger partial charge < -0.3 is 5.32 Å². The van der Waals surface area contributed by atoms with Crippen molar-refractivity contribution in [1.82, 2.24) is 14.5 Å². The Morgan fingerprint density at radius 3 is 2.92 bits per heavy atom. The molecule has 124 valence electrons. The third kappa shape index (κ3) is 3.68. The molecule has 0 saturated carbocycles. The highest BCUT2D eigenvalue weighted by atomic mass is 32.2. The molecule has 0 saturated heterocycles. The number of aromatic nitrogens is 3. The third-order valence-electron chi connectivity index (χ3n) is 3.64. The van der Waals surface area contributed by atoms with Crippen LogP contribution in [0.15, 0.2) is 41.1 Å². The lowest BCUT2D eigenvalue weighted by molar-refractivity contribution is -0.113. The van der Waals surface area contributed by atoms with Gasteiger partial charge in [-0.1, -0.05) is 23.9 Å². The molecule has 0 unspecified atom stereocenters. The Bertz CT molecular complexity index is 869. The lowest BCUT2D eigenvalue weighted by Crippen LogP contribution is -2.14. The zero-order valence-corrected chi connectivity index (χ0v) is 15.4. The molecule has 0 bridgehead atoms. The largest absolute Gasteiger partial charge is 0.301 e. The summed E-state index contributed by atoms with van der Waals surface area (Å²) in [5.74, 6) is 0.213. The topological polar surface area (TPSA) is 59.8 Å². The zero-order valence-electron chi connectivity index (χ0n) is 13.7. The minimum absolute atomic E-state index is 0.0788. The number of thioether (sulfide) groups is 1. The lowest BCUT2D eigenvalue weighted by atomic mass is 10.1. The number of anilines is 1. The van der Waals surface area contributed by atoms with Crippen LogP contribution in [0.1, 0.15) is 16.8 Å². The van der Waals surface area contributed by atoms with E-state index in [0.717, 1.165) is 16.5 Å². The SMILES string of the molecule is Cc1csc(NC(=O)CSc2nccn2-c2cccc(C)c2C)n1. The van der Waals surface area contributed by atoms with Crippen LogP contribution in [-0.4, -0.2) is 26.2 Å². The van der Waals surface area contributed by atoms with E-state index in [1.807, 2.05) is 29.1 Å². The number of imidazole rings is 1. The highest BCUT2D eigenvalue weighted by molar-refractivity contribution is 7.99. The van der Waals surface area contributed by atoms with Gasteiger partial charge in [0.25, 0.3) is 0 Å². The van der Waals surface area contributed by atoms with Gasteiger partial charge in [-0.15, -0.1) is 11.3 Å². The molecular weight excluding hydrogens is 340 g/mol. The Morgan fingerprint density at radius 1 is 1.33 bits per heavy atom. The van der Waals surface area contributed by atoms with Gasteiger partial charge in [0.15, 0.2) is 10.3 Å². The van der Waals surface area contributed by atoms with Gasteiger partial charge in [0, 0.05) is 17.8 Å². The molecule has 3 aromatic rings. The average Bonchev–Trinajstić information content (AvgIpc) is 3.17. The number of carbonyl (C=O) groups is 1. The molecule has 3 rings (SSSR count). The summed E-state index contributed by atoms with van der Waals surface area (Å²) >= 11 is 2.85. The van der Waals surface area contributed by atoms with Gasteiger partial charge in [-0.2, -0.15) is 0 Å². The second-order valence-electron chi connectivity index (χ2n) is 5.43. The molecule has 0 aliphatic carbocycles. The first-order chi connectivity index (χ1) is 11.5. The normalized spacial score (nSPS) is 10.8. The van der Waals surface area contributed by atoms with Crippen LogP contribution >= 0.6 is 23.1 Å². The van der Waals surface area contributed by atoms with Crippen molar-refractivity contribution in [3.8, 4) is 5.69 Å². The second kappa shape index (κ2) is 7.19.